The van der Waals surface area contributed by atoms with Crippen molar-refractivity contribution in [3.63, 3.8) is 0 Å². The number of fused-ring (bicyclic) bond motifs is 1. The van der Waals surface area contributed by atoms with Crippen molar-refractivity contribution in [2.75, 3.05) is 37.3 Å². The Labute approximate surface area is 156 Å². The number of aliphatic carboxylic acids is 1. The Kier molecular flexibility index (Phi) is 8.39. The van der Waals surface area contributed by atoms with Crippen molar-refractivity contribution in [3.05, 3.63) is 12.3 Å². The number of carboxylic acid groups (broad SMARTS) is 3. The molecule has 11 heteroatoms. The third kappa shape index (κ3) is 5.26. The van der Waals surface area contributed by atoms with Crippen molar-refractivity contribution in [2.45, 2.75) is 25.3 Å². The first-order valence-corrected chi connectivity index (χ1v) is 8.29. The van der Waals surface area contributed by atoms with E-state index >= 15 is 0 Å². The maximum absolute atomic E-state index is 11.9. The van der Waals surface area contributed by atoms with Gasteiger partial charge in [-0.2, -0.15) is 4.98 Å². The van der Waals surface area contributed by atoms with Crippen molar-refractivity contribution in [1.29, 1.82) is 0 Å². The molecule has 1 aromatic rings. The number of nitrogen functional groups attached to an aromatic ring is 1. The van der Waals surface area contributed by atoms with E-state index in [1.165, 1.54) is 0 Å². The summed E-state index contributed by atoms with van der Waals surface area (Å²) in [7, 11) is 2.01. The molecule has 5 N–H and O–H groups in total. The molecule has 2 atom stereocenters. The summed E-state index contributed by atoms with van der Waals surface area (Å²) in [6.07, 6.45) is 3.95. The lowest BCUT2D eigenvalue weighted by Gasteiger charge is -2.51. The van der Waals surface area contributed by atoms with Crippen molar-refractivity contribution in [1.82, 2.24) is 14.9 Å². The first-order valence-electron chi connectivity index (χ1n) is 8.29. The number of carboxylic acids is 1. The summed E-state index contributed by atoms with van der Waals surface area (Å²) in [6.45, 7) is 1.72. The van der Waals surface area contributed by atoms with Crippen molar-refractivity contribution in [3.8, 4) is 0 Å². The van der Waals surface area contributed by atoms with Gasteiger partial charge < -0.3 is 30.9 Å². The molecule has 0 amide bonds. The van der Waals surface area contributed by atoms with E-state index in [1.807, 2.05) is 11.9 Å². The predicted molar refractivity (Wildman–Crippen MR) is 96.4 cm³/mol. The van der Waals surface area contributed by atoms with Crippen molar-refractivity contribution < 1.29 is 29.7 Å². The lowest BCUT2D eigenvalue weighted by molar-refractivity contribution is -0.158. The van der Waals surface area contributed by atoms with Gasteiger partial charge >= 0.3 is 5.97 Å². The Morgan fingerprint density at radius 1 is 1.30 bits per heavy atom. The number of anilines is 2. The third-order valence-corrected chi connectivity index (χ3v) is 4.90. The zero-order valence-corrected chi connectivity index (χ0v) is 15.1. The highest BCUT2D eigenvalue weighted by Gasteiger charge is 2.52. The molecule has 2 saturated heterocycles. The Morgan fingerprint density at radius 3 is 2.48 bits per heavy atom. The summed E-state index contributed by atoms with van der Waals surface area (Å²) in [5.74, 6) is 0.354. The van der Waals surface area contributed by atoms with Crippen LogP contribution in [0.4, 0.5) is 11.8 Å². The highest BCUT2D eigenvalue weighted by Crippen LogP contribution is 2.42. The Bertz CT molecular complexity index is 639. The second kappa shape index (κ2) is 10.3. The predicted octanol–water partition coefficient (Wildman–Crippen LogP) is -0.164. The molecule has 0 saturated carbocycles. The topological polar surface area (TPSA) is 170 Å². The second-order valence-corrected chi connectivity index (χ2v) is 6.25. The van der Waals surface area contributed by atoms with Gasteiger partial charge in [0.2, 0.25) is 5.95 Å². The molecule has 0 unspecified atom stereocenters. The Balaban J connectivity index is 0.000000540. The Morgan fingerprint density at radius 2 is 1.93 bits per heavy atom. The number of aromatic nitrogens is 2. The van der Waals surface area contributed by atoms with E-state index < -0.39 is 11.4 Å². The molecule has 11 nitrogen and oxygen atoms in total. The van der Waals surface area contributed by atoms with Crippen LogP contribution in [0, 0.1) is 5.41 Å². The summed E-state index contributed by atoms with van der Waals surface area (Å²) >= 11 is 0. The largest absolute Gasteiger partial charge is 0.483 e. The number of hydrogen-bond donors (Lipinski definition) is 4. The van der Waals surface area contributed by atoms with Gasteiger partial charge in [-0.05, 0) is 38.9 Å². The van der Waals surface area contributed by atoms with Crippen LogP contribution in [0.25, 0.3) is 0 Å². The highest BCUT2D eigenvalue weighted by atomic mass is 16.4. The van der Waals surface area contributed by atoms with E-state index in [1.54, 1.807) is 12.3 Å². The number of hydrogen-bond acceptors (Lipinski definition) is 8. The van der Waals surface area contributed by atoms with E-state index in [-0.39, 0.29) is 19.0 Å². The third-order valence-electron chi connectivity index (χ3n) is 4.90. The fraction of sp³-hybridized carbons (Fsp3) is 0.562. The van der Waals surface area contributed by atoms with E-state index in [0.717, 1.165) is 19.4 Å². The number of likely N-dealkylation sites (N-methyl/N-ethyl adjacent to an activating group) is 1. The second-order valence-electron chi connectivity index (χ2n) is 6.25. The van der Waals surface area contributed by atoms with Crippen LogP contribution >= 0.6 is 0 Å². The van der Waals surface area contributed by atoms with Gasteiger partial charge in [0.1, 0.15) is 5.82 Å². The maximum Gasteiger partial charge on any atom is 0.311 e. The first-order chi connectivity index (χ1) is 12.9. The molecule has 0 bridgehead atoms. The summed E-state index contributed by atoms with van der Waals surface area (Å²) in [5, 5.41) is 23.5. The summed E-state index contributed by atoms with van der Waals surface area (Å²) in [6, 6.07) is 1.64. The smallest absolute Gasteiger partial charge is 0.311 e. The number of carbonyl (C=O) groups is 3. The van der Waals surface area contributed by atoms with Gasteiger partial charge in [0.05, 0.1) is 5.41 Å². The minimum Gasteiger partial charge on any atom is -0.483 e. The lowest BCUT2D eigenvalue weighted by Crippen LogP contribution is -2.63. The highest BCUT2D eigenvalue weighted by molar-refractivity contribution is 5.76. The maximum atomic E-state index is 11.9. The first kappa shape index (κ1) is 22.1. The summed E-state index contributed by atoms with van der Waals surface area (Å²) < 4.78 is 0. The molecule has 3 rings (SSSR count). The molecule has 2 fully saturated rings. The van der Waals surface area contributed by atoms with E-state index in [4.69, 9.17) is 25.5 Å². The molecule has 27 heavy (non-hydrogen) atoms. The molecule has 150 valence electrons. The van der Waals surface area contributed by atoms with Crippen LogP contribution in [0.5, 0.6) is 0 Å². The average molecular weight is 383 g/mol. The van der Waals surface area contributed by atoms with Crippen molar-refractivity contribution >= 4 is 30.7 Å². The standard InChI is InChI=1S/C14H21N5O2.2CH2O2/c1-18-7-2-4-14(12(20)21)5-8-19(9-10(14)18)13-16-6-3-11(15)17-13;2*2-1-3/h3,6,10H,2,4-5,7-9H2,1H3,(H,20,21)(H2,15,16,17);2*1H,(H,2,3)/t10-,14+;;/m1../s1. The summed E-state index contributed by atoms with van der Waals surface area (Å²) in [5.41, 5.74) is 5.08. The lowest BCUT2D eigenvalue weighted by atomic mass is 9.68. The van der Waals surface area contributed by atoms with Gasteiger partial charge in [0.15, 0.2) is 0 Å². The minimum atomic E-state index is -0.674. The summed E-state index contributed by atoms with van der Waals surface area (Å²) in [4.78, 5) is 41.3. The normalized spacial score (nSPS) is 24.2. The van der Waals surface area contributed by atoms with Gasteiger partial charge in [0, 0.05) is 25.3 Å². The minimum absolute atomic E-state index is 0.0115. The van der Waals surface area contributed by atoms with Gasteiger partial charge in [-0.1, -0.05) is 0 Å². The van der Waals surface area contributed by atoms with E-state index in [2.05, 4.69) is 14.9 Å². The molecule has 0 aliphatic carbocycles. The molecule has 0 aromatic carbocycles. The Hall–Kier alpha value is -2.95. The van der Waals surface area contributed by atoms with E-state index in [9.17, 15) is 9.90 Å². The molecule has 1 aromatic heterocycles. The zero-order chi connectivity index (χ0) is 20.4. The van der Waals surface area contributed by atoms with Crippen LogP contribution in [-0.2, 0) is 14.4 Å². The molecular weight excluding hydrogens is 358 g/mol. The quantitative estimate of drug-likeness (QED) is 0.500. The van der Waals surface area contributed by atoms with Gasteiger partial charge in [-0.3, -0.25) is 14.4 Å². The van der Waals surface area contributed by atoms with Gasteiger partial charge in [-0.15, -0.1) is 0 Å². The number of nitrogens with two attached hydrogens (primary N) is 1. The molecule has 0 spiro atoms. The van der Waals surface area contributed by atoms with Gasteiger partial charge in [-0.25, -0.2) is 4.98 Å². The van der Waals surface area contributed by atoms with E-state index in [0.29, 0.717) is 31.3 Å². The van der Waals surface area contributed by atoms with Crippen molar-refractivity contribution in [2.24, 2.45) is 5.41 Å². The van der Waals surface area contributed by atoms with Crippen LogP contribution in [0.3, 0.4) is 0 Å². The molecule has 2 aliphatic rings. The molecule has 2 aliphatic heterocycles. The number of nitrogens with zero attached hydrogens (tertiary/aromatic N) is 4. The SMILES string of the molecule is CN1CCC[C@]2(C(=O)O)CCN(c3nccc(N)n3)C[C@@H]12.O=CO.O=CO. The van der Waals surface area contributed by atoms with Crippen LogP contribution < -0.4 is 10.6 Å². The molecule has 3 heterocycles. The monoisotopic (exact) mass is 383 g/mol. The van der Waals surface area contributed by atoms with Crippen LogP contribution in [0.2, 0.25) is 0 Å². The van der Waals surface area contributed by atoms with Crippen LogP contribution in [-0.4, -0.2) is 81.8 Å². The fourth-order valence-corrected chi connectivity index (χ4v) is 3.68. The number of rotatable bonds is 2. The van der Waals surface area contributed by atoms with Gasteiger partial charge in [0.25, 0.3) is 12.9 Å². The fourth-order valence-electron chi connectivity index (χ4n) is 3.68. The molecular formula is C16H25N5O6. The van der Waals surface area contributed by atoms with Crippen LogP contribution in [0.1, 0.15) is 19.3 Å². The number of piperidine rings is 2. The average Bonchev–Trinajstić information content (AvgIpc) is 2.63. The number of likely N-dealkylation sites (tertiary alicyclic amines) is 1. The van der Waals surface area contributed by atoms with Crippen LogP contribution in [0.15, 0.2) is 12.3 Å². The molecule has 0 radical (unpaired) electrons. The zero-order valence-electron chi connectivity index (χ0n) is 15.1.